The van der Waals surface area contributed by atoms with E-state index < -0.39 is 8.24 Å². The Morgan fingerprint density at radius 3 is 2.16 bits per heavy atom. The van der Waals surface area contributed by atoms with Crippen molar-refractivity contribution in [1.82, 2.24) is 9.13 Å². The molecule has 2 heterocycles. The maximum absolute atomic E-state index is 2.72. The number of nitrogens with zero attached hydrogens (tertiary/aromatic N) is 3. The molecule has 3 aromatic rings. The van der Waals surface area contributed by atoms with Crippen LogP contribution in [0.15, 0.2) is 54.7 Å². The lowest BCUT2D eigenvalue weighted by atomic mass is 10.1. The van der Waals surface area contributed by atoms with Gasteiger partial charge < -0.3 is 14.0 Å². The van der Waals surface area contributed by atoms with Crippen molar-refractivity contribution in [3.63, 3.8) is 0 Å². The molecule has 1 aromatic heterocycles. The zero-order chi connectivity index (χ0) is 22.3. The van der Waals surface area contributed by atoms with Gasteiger partial charge in [0.1, 0.15) is 0 Å². The van der Waals surface area contributed by atoms with Gasteiger partial charge in [0, 0.05) is 41.9 Å². The lowest BCUT2D eigenvalue weighted by molar-refractivity contribution is 0.343. The molecule has 2 aromatic carbocycles. The smallest absolute Gasteiger partial charge is 0.169 e. The summed E-state index contributed by atoms with van der Waals surface area (Å²) in [4.78, 5) is 4.93. The lowest BCUT2D eigenvalue weighted by Gasteiger charge is -2.44. The van der Waals surface area contributed by atoms with Crippen LogP contribution in [0.25, 0.3) is 10.9 Å². The molecule has 0 saturated heterocycles. The van der Waals surface area contributed by atoms with Gasteiger partial charge >= 0.3 is 0 Å². The number of fused-ring (bicyclic) bond motifs is 2. The summed E-state index contributed by atoms with van der Waals surface area (Å²) in [6.07, 6.45) is 2.39. The highest BCUT2D eigenvalue weighted by Crippen LogP contribution is 2.44. The van der Waals surface area contributed by atoms with Crippen LogP contribution in [-0.4, -0.2) is 37.5 Å². The van der Waals surface area contributed by atoms with E-state index in [1.165, 1.54) is 27.8 Å². The molecule has 0 aliphatic carbocycles. The highest BCUT2D eigenvalue weighted by Gasteiger charge is 2.45. The quantitative estimate of drug-likeness (QED) is 0.393. The summed E-state index contributed by atoms with van der Waals surface area (Å²) in [5, 5.41) is 1.37. The zero-order valence-electron chi connectivity index (χ0n) is 20.4. The average Bonchev–Trinajstić information content (AvgIpc) is 3.04. The minimum absolute atomic E-state index is 0.691. The molecule has 0 amide bonds. The average molecular weight is 434 g/mol. The van der Waals surface area contributed by atoms with Crippen LogP contribution in [0.2, 0.25) is 16.6 Å². The van der Waals surface area contributed by atoms with Crippen LogP contribution in [0.3, 0.4) is 0 Å². The monoisotopic (exact) mass is 433 g/mol. The third-order valence-electron chi connectivity index (χ3n) is 7.61. The molecular formula is C27H39N3Si. The van der Waals surface area contributed by atoms with Gasteiger partial charge in [-0.3, -0.25) is 0 Å². The van der Waals surface area contributed by atoms with E-state index in [2.05, 4.69) is 117 Å². The van der Waals surface area contributed by atoms with Crippen LogP contribution < -0.4 is 4.90 Å². The van der Waals surface area contributed by atoms with Crippen molar-refractivity contribution in [1.29, 1.82) is 0 Å². The number of anilines is 2. The zero-order valence-corrected chi connectivity index (χ0v) is 21.4. The van der Waals surface area contributed by atoms with Crippen LogP contribution in [0, 0.1) is 0 Å². The summed E-state index contributed by atoms with van der Waals surface area (Å²) in [5.41, 5.74) is 7.54. The molecule has 4 rings (SSSR count). The van der Waals surface area contributed by atoms with Crippen molar-refractivity contribution in [2.75, 3.05) is 25.0 Å². The molecule has 0 radical (unpaired) electrons. The van der Waals surface area contributed by atoms with E-state index in [1.54, 1.807) is 0 Å². The fraction of sp³-hybridized carbons (Fsp3) is 0.481. The molecule has 0 spiro atoms. The van der Waals surface area contributed by atoms with E-state index in [0.29, 0.717) is 16.6 Å². The van der Waals surface area contributed by atoms with Gasteiger partial charge in [-0.2, -0.15) is 0 Å². The van der Waals surface area contributed by atoms with Crippen molar-refractivity contribution in [3.8, 4) is 0 Å². The predicted molar refractivity (Wildman–Crippen MR) is 138 cm³/mol. The van der Waals surface area contributed by atoms with Gasteiger partial charge in [0.05, 0.1) is 0 Å². The molecule has 0 atom stereocenters. The maximum Gasteiger partial charge on any atom is 0.169 e. The Morgan fingerprint density at radius 2 is 1.48 bits per heavy atom. The van der Waals surface area contributed by atoms with Gasteiger partial charge in [0.25, 0.3) is 0 Å². The third kappa shape index (κ3) is 3.64. The van der Waals surface area contributed by atoms with Crippen LogP contribution in [0.4, 0.5) is 11.4 Å². The van der Waals surface area contributed by atoms with Crippen molar-refractivity contribution in [3.05, 3.63) is 60.3 Å². The summed E-state index contributed by atoms with van der Waals surface area (Å²) in [7, 11) is 0.469. The maximum atomic E-state index is 2.72. The van der Waals surface area contributed by atoms with Crippen LogP contribution in [-0.2, 0) is 6.54 Å². The highest BCUT2D eigenvalue weighted by molar-refractivity contribution is 6.82. The molecule has 4 heteroatoms. The van der Waals surface area contributed by atoms with Gasteiger partial charge in [0.2, 0.25) is 0 Å². The van der Waals surface area contributed by atoms with Crippen LogP contribution >= 0.6 is 0 Å². The van der Waals surface area contributed by atoms with E-state index in [4.69, 9.17) is 0 Å². The van der Waals surface area contributed by atoms with Crippen molar-refractivity contribution < 1.29 is 0 Å². The second-order valence-corrected chi connectivity index (χ2v) is 16.0. The fourth-order valence-electron chi connectivity index (χ4n) is 6.41. The first kappa shape index (κ1) is 22.2. The lowest BCUT2D eigenvalue weighted by Crippen LogP contribution is -2.51. The first-order chi connectivity index (χ1) is 14.8. The number of para-hydroxylation sites is 1. The molecule has 3 nitrogen and oxygen atoms in total. The third-order valence-corrected chi connectivity index (χ3v) is 14.4. The van der Waals surface area contributed by atoms with Crippen molar-refractivity contribution in [2.45, 2.75) is 64.7 Å². The topological polar surface area (TPSA) is 11.4 Å². The van der Waals surface area contributed by atoms with E-state index in [9.17, 15) is 0 Å². The number of hydrogen-bond donors (Lipinski definition) is 0. The first-order valence-corrected chi connectivity index (χ1v) is 14.1. The number of benzene rings is 2. The Kier molecular flexibility index (Phi) is 6.06. The van der Waals surface area contributed by atoms with Crippen LogP contribution in [0.5, 0.6) is 0 Å². The van der Waals surface area contributed by atoms with E-state index >= 15 is 0 Å². The molecule has 0 saturated carbocycles. The molecule has 0 bridgehead atoms. The molecule has 0 fully saturated rings. The number of aromatic nitrogens is 1. The Hall–Kier alpha value is -2.04. The first-order valence-electron chi connectivity index (χ1n) is 11.9. The van der Waals surface area contributed by atoms with Gasteiger partial charge in [-0.25, -0.2) is 0 Å². The molecule has 0 unspecified atom stereocenters. The Labute approximate surface area is 189 Å². The molecular weight excluding hydrogens is 394 g/mol. The molecule has 1 aliphatic heterocycles. The minimum atomic E-state index is -1.75. The number of rotatable bonds is 5. The largest absolute Gasteiger partial charge is 0.373 e. The summed E-state index contributed by atoms with van der Waals surface area (Å²) < 4.78 is 2.72. The number of hydrogen-bond acceptors (Lipinski definition) is 2. The Balaban J connectivity index is 1.82. The second kappa shape index (κ2) is 8.48. The standard InChI is InChI=1S/C27H39N3Si/c1-20(2)31(21(3)4,22(5)6)30-15-14-23-18-25(12-13-27(23)30)29-17-16-28(7)19-24-10-8-9-11-26(24)29/h8-15,18,20-22H,16-17,19H2,1-7H3. The summed E-state index contributed by atoms with van der Waals surface area (Å²) in [6, 6.07) is 18.4. The molecule has 31 heavy (non-hydrogen) atoms. The van der Waals surface area contributed by atoms with Crippen LogP contribution in [0.1, 0.15) is 47.1 Å². The minimum Gasteiger partial charge on any atom is -0.373 e. The normalized spacial score (nSPS) is 15.9. The predicted octanol–water partition coefficient (Wildman–Crippen LogP) is 7.25. The Bertz CT molecular complexity index is 1030. The molecule has 0 N–H and O–H groups in total. The summed E-state index contributed by atoms with van der Waals surface area (Å²) >= 11 is 0. The molecule has 166 valence electrons. The van der Waals surface area contributed by atoms with E-state index in [-0.39, 0.29) is 0 Å². The second-order valence-electron chi connectivity index (χ2n) is 10.3. The molecule has 1 aliphatic rings. The van der Waals surface area contributed by atoms with E-state index in [0.717, 1.165) is 19.6 Å². The summed E-state index contributed by atoms with van der Waals surface area (Å²) in [5.74, 6) is 0. The van der Waals surface area contributed by atoms with Gasteiger partial charge in [-0.1, -0.05) is 59.7 Å². The Morgan fingerprint density at radius 1 is 0.806 bits per heavy atom. The van der Waals surface area contributed by atoms with Gasteiger partial charge in [-0.05, 0) is 65.8 Å². The van der Waals surface area contributed by atoms with Gasteiger partial charge in [-0.15, -0.1) is 0 Å². The SMILES string of the molecule is CC(C)[Si](C(C)C)(C(C)C)n1ccc2cc(N3CCN(C)Cc4ccccc43)ccc21. The summed E-state index contributed by atoms with van der Waals surface area (Å²) in [6.45, 7) is 17.7. The van der Waals surface area contributed by atoms with Gasteiger partial charge in [0.15, 0.2) is 8.24 Å². The number of likely N-dealkylation sites (N-methyl/N-ethyl adjacent to an activating group) is 1. The van der Waals surface area contributed by atoms with Crippen molar-refractivity contribution in [2.24, 2.45) is 0 Å². The van der Waals surface area contributed by atoms with E-state index in [1.807, 2.05) is 0 Å². The van der Waals surface area contributed by atoms with Crippen molar-refractivity contribution >= 4 is 30.5 Å². The highest BCUT2D eigenvalue weighted by atomic mass is 28.3. The fourth-order valence-corrected chi connectivity index (χ4v) is 13.0.